The van der Waals surface area contributed by atoms with E-state index in [2.05, 4.69) is 5.32 Å². The predicted molar refractivity (Wildman–Crippen MR) is 26.9 cm³/mol. The summed E-state index contributed by atoms with van der Waals surface area (Å²) >= 11 is 0. The Morgan fingerprint density at radius 3 is 1.83 bits per heavy atom. The summed E-state index contributed by atoms with van der Waals surface area (Å²) in [5.41, 5.74) is 0. The van der Waals surface area contributed by atoms with E-state index in [0.717, 1.165) is 0 Å². The van der Waals surface area contributed by atoms with Crippen LogP contribution in [-0.2, 0) is 4.79 Å². The minimum atomic E-state index is 0. The summed E-state index contributed by atoms with van der Waals surface area (Å²) in [6.45, 7) is 1.47. The van der Waals surface area contributed by atoms with Crippen molar-refractivity contribution in [3.8, 4) is 0 Å². The maximum atomic E-state index is 9.70. The van der Waals surface area contributed by atoms with Crippen LogP contribution in [0.1, 0.15) is 6.92 Å². The molecule has 0 aliphatic rings. The molecular formula is C3H8KNO. The first-order valence-corrected chi connectivity index (χ1v) is 1.45. The average Bonchev–Trinajstić information content (AvgIpc) is 1.38. The van der Waals surface area contributed by atoms with Gasteiger partial charge >= 0.3 is 51.4 Å². The van der Waals surface area contributed by atoms with E-state index in [1.54, 1.807) is 7.05 Å². The monoisotopic (exact) mass is 113 g/mol. The van der Waals surface area contributed by atoms with E-state index in [0.29, 0.717) is 0 Å². The number of carbonyl (C=O) groups excluding carboxylic acids is 1. The van der Waals surface area contributed by atoms with E-state index < -0.39 is 0 Å². The zero-order valence-electron chi connectivity index (χ0n) is 3.41. The van der Waals surface area contributed by atoms with Gasteiger partial charge in [0.1, 0.15) is 0 Å². The summed E-state index contributed by atoms with van der Waals surface area (Å²) in [6, 6.07) is 0. The molecule has 0 fully saturated rings. The van der Waals surface area contributed by atoms with E-state index >= 15 is 0 Å². The standard InChI is InChI=1S/C3H7NO.K.H/c1-3(5)4-2;;/h1-2H3,(H,4,5);;. The van der Waals surface area contributed by atoms with Crippen LogP contribution in [-0.4, -0.2) is 64.3 Å². The zero-order chi connectivity index (χ0) is 4.28. The molecular weight excluding hydrogens is 105 g/mol. The normalized spacial score (nSPS) is 5.67. The van der Waals surface area contributed by atoms with Crippen molar-refractivity contribution in [1.82, 2.24) is 5.32 Å². The van der Waals surface area contributed by atoms with Gasteiger partial charge in [0.05, 0.1) is 0 Å². The summed E-state index contributed by atoms with van der Waals surface area (Å²) in [6.07, 6.45) is 0. The number of nitrogens with one attached hydrogen (secondary N) is 1. The molecule has 1 N–H and O–H groups in total. The van der Waals surface area contributed by atoms with Crippen molar-refractivity contribution < 1.29 is 4.79 Å². The molecule has 32 valence electrons. The van der Waals surface area contributed by atoms with Crippen LogP contribution in [0.25, 0.3) is 0 Å². The first-order valence-electron chi connectivity index (χ1n) is 1.45. The molecule has 0 rings (SSSR count). The Balaban J connectivity index is 0. The Bertz CT molecular complexity index is 46.1. The Kier molecular flexibility index (Phi) is 10.3. The maximum absolute atomic E-state index is 9.70. The van der Waals surface area contributed by atoms with Gasteiger partial charge in [-0.2, -0.15) is 0 Å². The third-order valence-electron chi connectivity index (χ3n) is 0.352. The average molecular weight is 113 g/mol. The fraction of sp³-hybridized carbons (Fsp3) is 0.667. The Hall–Kier alpha value is 1.11. The molecule has 0 aliphatic heterocycles. The number of hydrogen-bond acceptors (Lipinski definition) is 1. The van der Waals surface area contributed by atoms with Crippen molar-refractivity contribution in [2.45, 2.75) is 6.92 Å². The van der Waals surface area contributed by atoms with E-state index in [1.165, 1.54) is 6.92 Å². The van der Waals surface area contributed by atoms with Crippen molar-refractivity contribution in [3.63, 3.8) is 0 Å². The second-order valence-electron chi connectivity index (χ2n) is 0.806. The van der Waals surface area contributed by atoms with Gasteiger partial charge in [-0.05, 0) is 0 Å². The Morgan fingerprint density at radius 2 is 1.83 bits per heavy atom. The van der Waals surface area contributed by atoms with Crippen LogP contribution in [0.3, 0.4) is 0 Å². The van der Waals surface area contributed by atoms with Gasteiger partial charge in [0.25, 0.3) is 0 Å². The molecule has 0 aromatic heterocycles. The zero-order valence-corrected chi connectivity index (χ0v) is 3.41. The van der Waals surface area contributed by atoms with Gasteiger partial charge < -0.3 is 5.32 Å². The Labute approximate surface area is 80.1 Å². The van der Waals surface area contributed by atoms with Gasteiger partial charge in [-0.25, -0.2) is 0 Å². The van der Waals surface area contributed by atoms with Crippen LogP contribution in [0.15, 0.2) is 0 Å². The molecule has 0 atom stereocenters. The number of rotatable bonds is 0. The van der Waals surface area contributed by atoms with Crippen LogP contribution in [0, 0.1) is 0 Å². The molecule has 2 nitrogen and oxygen atoms in total. The molecule has 0 aromatic carbocycles. The van der Waals surface area contributed by atoms with E-state index in [1.807, 2.05) is 0 Å². The second kappa shape index (κ2) is 6.11. The summed E-state index contributed by atoms with van der Waals surface area (Å²) in [7, 11) is 1.60. The third-order valence-corrected chi connectivity index (χ3v) is 0.352. The molecule has 0 radical (unpaired) electrons. The second-order valence-corrected chi connectivity index (χ2v) is 0.806. The van der Waals surface area contributed by atoms with Gasteiger partial charge in [0.2, 0.25) is 5.91 Å². The van der Waals surface area contributed by atoms with E-state index in [4.69, 9.17) is 0 Å². The summed E-state index contributed by atoms with van der Waals surface area (Å²) in [5, 5.41) is 2.39. The van der Waals surface area contributed by atoms with Crippen molar-refractivity contribution in [2.24, 2.45) is 0 Å². The molecule has 0 spiro atoms. The first kappa shape index (κ1) is 10.2. The fourth-order valence-electron chi connectivity index (χ4n) is 0. The summed E-state index contributed by atoms with van der Waals surface area (Å²) in [5.74, 6) is 0.00463. The molecule has 0 saturated heterocycles. The molecule has 0 saturated carbocycles. The SMILES string of the molecule is CNC(C)=O.[KH]. The van der Waals surface area contributed by atoms with Gasteiger partial charge in [-0.15, -0.1) is 0 Å². The van der Waals surface area contributed by atoms with Crippen LogP contribution in [0.4, 0.5) is 0 Å². The van der Waals surface area contributed by atoms with Crippen LogP contribution in [0.2, 0.25) is 0 Å². The van der Waals surface area contributed by atoms with E-state index in [-0.39, 0.29) is 57.3 Å². The van der Waals surface area contributed by atoms with Gasteiger partial charge in [0.15, 0.2) is 0 Å². The van der Waals surface area contributed by atoms with Gasteiger partial charge in [-0.3, -0.25) is 4.79 Å². The molecule has 0 aliphatic carbocycles. The molecule has 3 heteroatoms. The summed E-state index contributed by atoms with van der Waals surface area (Å²) < 4.78 is 0. The topological polar surface area (TPSA) is 29.1 Å². The predicted octanol–water partition coefficient (Wildman–Crippen LogP) is -0.896. The molecule has 0 bridgehead atoms. The van der Waals surface area contributed by atoms with Crippen molar-refractivity contribution in [1.29, 1.82) is 0 Å². The molecule has 1 amide bonds. The van der Waals surface area contributed by atoms with Gasteiger partial charge in [-0.1, -0.05) is 0 Å². The number of carbonyl (C=O) groups is 1. The van der Waals surface area contributed by atoms with Crippen molar-refractivity contribution >= 4 is 57.3 Å². The number of amides is 1. The van der Waals surface area contributed by atoms with Crippen LogP contribution >= 0.6 is 0 Å². The van der Waals surface area contributed by atoms with Crippen LogP contribution in [0.5, 0.6) is 0 Å². The van der Waals surface area contributed by atoms with Crippen molar-refractivity contribution in [3.05, 3.63) is 0 Å². The molecule has 0 aromatic rings. The molecule has 0 unspecified atom stereocenters. The first-order chi connectivity index (χ1) is 2.27. The quantitative estimate of drug-likeness (QED) is 0.405. The minimum absolute atomic E-state index is 0. The fourth-order valence-corrected chi connectivity index (χ4v) is 0. The van der Waals surface area contributed by atoms with Crippen LogP contribution < -0.4 is 5.32 Å². The Morgan fingerprint density at radius 1 is 1.67 bits per heavy atom. The number of hydrogen-bond donors (Lipinski definition) is 1. The van der Waals surface area contributed by atoms with Crippen molar-refractivity contribution in [2.75, 3.05) is 7.05 Å². The van der Waals surface area contributed by atoms with E-state index in [9.17, 15) is 4.79 Å². The summed E-state index contributed by atoms with van der Waals surface area (Å²) in [4.78, 5) is 9.70. The molecule has 6 heavy (non-hydrogen) atoms. The van der Waals surface area contributed by atoms with Gasteiger partial charge in [0, 0.05) is 14.0 Å². The molecule has 0 heterocycles. The third kappa shape index (κ3) is 8.92.